The van der Waals surface area contributed by atoms with E-state index in [0.29, 0.717) is 0 Å². The van der Waals surface area contributed by atoms with Gasteiger partial charge in [0.25, 0.3) is 0 Å². The van der Waals surface area contributed by atoms with Gasteiger partial charge in [0.2, 0.25) is 10.0 Å². The number of nitrogens with one attached hydrogen (secondary N) is 1. The standard InChI is InChI=1S/C11H24N2O2S.ClH/c1-11(2,3)8-16(14,15)13-10-6-4-9(12)5-7-10;/h9-10,13H,4-8,12H2,1-3H3;1H. The minimum Gasteiger partial charge on any atom is -0.328 e. The van der Waals surface area contributed by atoms with Crippen LogP contribution in [0.25, 0.3) is 0 Å². The van der Waals surface area contributed by atoms with E-state index in [9.17, 15) is 8.42 Å². The van der Waals surface area contributed by atoms with Crippen molar-refractivity contribution in [3.8, 4) is 0 Å². The topological polar surface area (TPSA) is 72.2 Å². The van der Waals surface area contributed by atoms with E-state index in [1.54, 1.807) is 0 Å². The van der Waals surface area contributed by atoms with Crippen molar-refractivity contribution in [2.75, 3.05) is 5.75 Å². The number of nitrogens with two attached hydrogens (primary N) is 1. The lowest BCUT2D eigenvalue weighted by atomic mass is 9.93. The van der Waals surface area contributed by atoms with Crippen LogP contribution in [0.4, 0.5) is 0 Å². The Bertz CT molecular complexity index is 317. The highest BCUT2D eigenvalue weighted by Crippen LogP contribution is 2.20. The molecule has 0 aromatic carbocycles. The third kappa shape index (κ3) is 7.24. The van der Waals surface area contributed by atoms with E-state index in [1.807, 2.05) is 20.8 Å². The predicted molar refractivity (Wildman–Crippen MR) is 73.9 cm³/mol. The van der Waals surface area contributed by atoms with E-state index in [0.717, 1.165) is 25.7 Å². The number of hydrogen-bond acceptors (Lipinski definition) is 3. The Labute approximate surface area is 111 Å². The minimum absolute atomic E-state index is 0. The fourth-order valence-corrected chi connectivity index (χ4v) is 4.07. The van der Waals surface area contributed by atoms with Gasteiger partial charge in [-0.05, 0) is 31.1 Å². The van der Waals surface area contributed by atoms with E-state index in [-0.39, 0.29) is 35.7 Å². The Balaban J connectivity index is 0.00000256. The van der Waals surface area contributed by atoms with Crippen LogP contribution in [0.3, 0.4) is 0 Å². The molecular weight excluding hydrogens is 260 g/mol. The van der Waals surface area contributed by atoms with Gasteiger partial charge in [-0.2, -0.15) is 0 Å². The zero-order valence-electron chi connectivity index (χ0n) is 10.9. The first-order valence-corrected chi connectivity index (χ1v) is 7.59. The van der Waals surface area contributed by atoms with Crippen molar-refractivity contribution in [1.82, 2.24) is 4.72 Å². The second-order valence-corrected chi connectivity index (χ2v) is 7.80. The maximum Gasteiger partial charge on any atom is 0.212 e. The molecule has 0 radical (unpaired) electrons. The molecule has 1 rings (SSSR count). The summed E-state index contributed by atoms with van der Waals surface area (Å²) >= 11 is 0. The second kappa shape index (κ2) is 6.36. The predicted octanol–water partition coefficient (Wildman–Crippen LogP) is 1.64. The molecule has 6 heteroatoms. The highest BCUT2D eigenvalue weighted by Gasteiger charge is 2.26. The molecule has 1 aliphatic rings. The highest BCUT2D eigenvalue weighted by molar-refractivity contribution is 7.89. The summed E-state index contributed by atoms with van der Waals surface area (Å²) in [4.78, 5) is 0. The Hall–Kier alpha value is 0.160. The molecule has 0 unspecified atom stereocenters. The fraction of sp³-hybridized carbons (Fsp3) is 1.00. The molecule has 3 N–H and O–H groups in total. The summed E-state index contributed by atoms with van der Waals surface area (Å²) in [6, 6.07) is 0.343. The summed E-state index contributed by atoms with van der Waals surface area (Å²) in [5, 5.41) is 0. The lowest BCUT2D eigenvalue weighted by Gasteiger charge is -2.28. The lowest BCUT2D eigenvalue weighted by Crippen LogP contribution is -2.43. The SMILES string of the molecule is CC(C)(C)CS(=O)(=O)NC1CCC(N)CC1.Cl. The van der Waals surface area contributed by atoms with Gasteiger partial charge in [0, 0.05) is 12.1 Å². The molecule has 1 fully saturated rings. The summed E-state index contributed by atoms with van der Waals surface area (Å²) in [7, 11) is -3.15. The van der Waals surface area contributed by atoms with Crippen LogP contribution in [0, 0.1) is 5.41 Å². The molecule has 1 saturated carbocycles. The molecule has 0 heterocycles. The average molecular weight is 285 g/mol. The van der Waals surface area contributed by atoms with Crippen molar-refractivity contribution in [2.45, 2.75) is 58.5 Å². The van der Waals surface area contributed by atoms with Crippen molar-refractivity contribution in [3.05, 3.63) is 0 Å². The molecule has 0 spiro atoms. The quantitative estimate of drug-likeness (QED) is 0.828. The van der Waals surface area contributed by atoms with Gasteiger partial charge in [0.05, 0.1) is 5.75 Å². The molecule has 17 heavy (non-hydrogen) atoms. The summed E-state index contributed by atoms with van der Waals surface area (Å²) in [6.45, 7) is 5.80. The Morgan fingerprint density at radius 3 is 2.06 bits per heavy atom. The molecule has 0 amide bonds. The summed E-state index contributed by atoms with van der Waals surface area (Å²) in [6.07, 6.45) is 3.57. The minimum atomic E-state index is -3.15. The first-order chi connectivity index (χ1) is 7.18. The monoisotopic (exact) mass is 284 g/mol. The van der Waals surface area contributed by atoms with Crippen LogP contribution in [-0.2, 0) is 10.0 Å². The van der Waals surface area contributed by atoms with Crippen LogP contribution in [-0.4, -0.2) is 26.3 Å². The van der Waals surface area contributed by atoms with Crippen LogP contribution < -0.4 is 10.5 Å². The number of sulfonamides is 1. The van der Waals surface area contributed by atoms with Gasteiger partial charge in [-0.3, -0.25) is 0 Å². The molecule has 0 aliphatic heterocycles. The third-order valence-corrected chi connectivity index (χ3v) is 4.68. The molecule has 0 saturated heterocycles. The van der Waals surface area contributed by atoms with E-state index in [2.05, 4.69) is 4.72 Å². The largest absolute Gasteiger partial charge is 0.328 e. The molecule has 0 aromatic heterocycles. The normalized spacial score (nSPS) is 26.4. The van der Waals surface area contributed by atoms with Crippen molar-refractivity contribution in [3.63, 3.8) is 0 Å². The molecule has 4 nitrogen and oxygen atoms in total. The summed E-state index contributed by atoms with van der Waals surface area (Å²) in [5.74, 6) is 0.183. The van der Waals surface area contributed by atoms with E-state index < -0.39 is 10.0 Å². The molecular formula is C11H25ClN2O2S. The molecule has 0 bridgehead atoms. The van der Waals surface area contributed by atoms with Gasteiger partial charge in [-0.1, -0.05) is 20.8 Å². The van der Waals surface area contributed by atoms with Gasteiger partial charge in [0.1, 0.15) is 0 Å². The van der Waals surface area contributed by atoms with E-state index in [1.165, 1.54) is 0 Å². The van der Waals surface area contributed by atoms with Gasteiger partial charge >= 0.3 is 0 Å². The smallest absolute Gasteiger partial charge is 0.212 e. The Morgan fingerprint density at radius 2 is 1.65 bits per heavy atom. The zero-order valence-corrected chi connectivity index (χ0v) is 12.5. The number of hydrogen-bond donors (Lipinski definition) is 2. The Morgan fingerprint density at radius 1 is 1.18 bits per heavy atom. The van der Waals surface area contributed by atoms with Crippen molar-refractivity contribution < 1.29 is 8.42 Å². The van der Waals surface area contributed by atoms with Crippen LogP contribution in [0.5, 0.6) is 0 Å². The van der Waals surface area contributed by atoms with Crippen molar-refractivity contribution >= 4 is 22.4 Å². The molecule has 1 aliphatic carbocycles. The van der Waals surface area contributed by atoms with E-state index in [4.69, 9.17) is 5.73 Å². The zero-order chi connectivity index (χ0) is 12.4. The number of rotatable bonds is 3. The van der Waals surface area contributed by atoms with Crippen LogP contribution in [0.2, 0.25) is 0 Å². The van der Waals surface area contributed by atoms with Crippen LogP contribution in [0.1, 0.15) is 46.5 Å². The van der Waals surface area contributed by atoms with E-state index >= 15 is 0 Å². The van der Waals surface area contributed by atoms with Crippen molar-refractivity contribution in [1.29, 1.82) is 0 Å². The summed E-state index contributed by atoms with van der Waals surface area (Å²) < 4.78 is 26.5. The van der Waals surface area contributed by atoms with Gasteiger partial charge in [-0.25, -0.2) is 13.1 Å². The van der Waals surface area contributed by atoms with Crippen LogP contribution in [0.15, 0.2) is 0 Å². The van der Waals surface area contributed by atoms with Gasteiger partial charge in [-0.15, -0.1) is 12.4 Å². The first kappa shape index (κ1) is 17.2. The fourth-order valence-electron chi connectivity index (χ4n) is 2.10. The molecule has 104 valence electrons. The van der Waals surface area contributed by atoms with Gasteiger partial charge < -0.3 is 5.73 Å². The van der Waals surface area contributed by atoms with Crippen molar-refractivity contribution in [2.24, 2.45) is 11.1 Å². The Kier molecular flexibility index (Phi) is 6.42. The second-order valence-electron chi connectivity index (χ2n) is 6.05. The van der Waals surface area contributed by atoms with Gasteiger partial charge in [0.15, 0.2) is 0 Å². The highest BCUT2D eigenvalue weighted by atomic mass is 35.5. The number of halogens is 1. The maximum absolute atomic E-state index is 11.9. The van der Waals surface area contributed by atoms with Crippen LogP contribution >= 0.6 is 12.4 Å². The molecule has 0 atom stereocenters. The summed E-state index contributed by atoms with van der Waals surface area (Å²) in [5.41, 5.74) is 5.59. The molecule has 0 aromatic rings. The first-order valence-electron chi connectivity index (χ1n) is 5.93. The lowest BCUT2D eigenvalue weighted by molar-refractivity contribution is 0.370. The average Bonchev–Trinajstić information content (AvgIpc) is 2.04. The maximum atomic E-state index is 11.9. The third-order valence-electron chi connectivity index (χ3n) is 2.74.